The number of nitrogens with zero attached hydrogens (tertiary/aromatic N) is 2. The van der Waals surface area contributed by atoms with Crippen molar-refractivity contribution in [2.75, 3.05) is 33.2 Å². The molecule has 0 spiro atoms. The molecule has 110 valence electrons. The van der Waals surface area contributed by atoms with Gasteiger partial charge in [-0.25, -0.2) is 0 Å². The first-order valence-corrected chi connectivity index (χ1v) is 7.38. The van der Waals surface area contributed by atoms with Crippen molar-refractivity contribution in [3.63, 3.8) is 0 Å². The minimum Gasteiger partial charge on any atom is -0.338 e. The Hall–Kier alpha value is -1.39. The van der Waals surface area contributed by atoms with Gasteiger partial charge in [-0.05, 0) is 19.0 Å². The van der Waals surface area contributed by atoms with Crippen LogP contribution >= 0.6 is 0 Å². The summed E-state index contributed by atoms with van der Waals surface area (Å²) < 4.78 is 0. The summed E-state index contributed by atoms with van der Waals surface area (Å²) >= 11 is 0. The maximum Gasteiger partial charge on any atom is 0.237 e. The van der Waals surface area contributed by atoms with Crippen molar-refractivity contribution < 1.29 is 4.79 Å². The van der Waals surface area contributed by atoms with Crippen molar-refractivity contribution in [3.8, 4) is 0 Å². The summed E-state index contributed by atoms with van der Waals surface area (Å²) in [5, 5.41) is 3.26. The van der Waals surface area contributed by atoms with Crippen molar-refractivity contribution in [2.45, 2.75) is 25.9 Å². The van der Waals surface area contributed by atoms with E-state index in [1.165, 1.54) is 5.56 Å². The van der Waals surface area contributed by atoms with Gasteiger partial charge in [0.25, 0.3) is 0 Å². The third-order valence-corrected chi connectivity index (χ3v) is 4.28. The molecule has 0 bridgehead atoms. The van der Waals surface area contributed by atoms with E-state index in [0.717, 1.165) is 19.6 Å². The van der Waals surface area contributed by atoms with Crippen LogP contribution in [-0.2, 0) is 4.79 Å². The van der Waals surface area contributed by atoms with Crippen LogP contribution in [0.2, 0.25) is 0 Å². The van der Waals surface area contributed by atoms with E-state index in [4.69, 9.17) is 0 Å². The van der Waals surface area contributed by atoms with Gasteiger partial charge in [-0.15, -0.1) is 0 Å². The molecule has 1 aliphatic heterocycles. The maximum atomic E-state index is 12.4. The Balaban J connectivity index is 1.93. The Morgan fingerprint density at radius 2 is 2.00 bits per heavy atom. The number of nitrogens with one attached hydrogen (secondary N) is 1. The Bertz CT molecular complexity index is 431. The summed E-state index contributed by atoms with van der Waals surface area (Å²) in [5.74, 6) is 0.190. The summed E-state index contributed by atoms with van der Waals surface area (Å²) in [5.41, 5.74) is 1.18. The minimum atomic E-state index is 0.113. The van der Waals surface area contributed by atoms with Gasteiger partial charge in [0.05, 0.1) is 12.6 Å². The lowest BCUT2D eigenvalue weighted by Crippen LogP contribution is -2.58. The smallest absolute Gasteiger partial charge is 0.237 e. The van der Waals surface area contributed by atoms with E-state index < -0.39 is 0 Å². The fourth-order valence-electron chi connectivity index (χ4n) is 2.49. The van der Waals surface area contributed by atoms with Crippen LogP contribution in [0.25, 0.3) is 0 Å². The molecule has 1 aromatic rings. The van der Waals surface area contributed by atoms with Crippen LogP contribution in [0.1, 0.15) is 25.5 Å². The van der Waals surface area contributed by atoms with Gasteiger partial charge in [0.2, 0.25) is 5.91 Å². The summed E-state index contributed by atoms with van der Waals surface area (Å²) in [6.45, 7) is 7.63. The van der Waals surface area contributed by atoms with E-state index in [1.807, 2.05) is 30.1 Å². The number of hydrogen-bond donors (Lipinski definition) is 1. The normalized spacial score (nSPS) is 16.8. The topological polar surface area (TPSA) is 35.6 Å². The van der Waals surface area contributed by atoms with Crippen molar-refractivity contribution in [3.05, 3.63) is 35.9 Å². The molecule has 2 rings (SSSR count). The van der Waals surface area contributed by atoms with E-state index in [9.17, 15) is 4.79 Å². The summed E-state index contributed by atoms with van der Waals surface area (Å²) in [7, 11) is 1.90. The number of carbonyl (C=O) groups excluding carboxylic acids is 1. The van der Waals surface area contributed by atoms with Gasteiger partial charge >= 0.3 is 0 Å². The molecule has 0 saturated carbocycles. The zero-order valence-corrected chi connectivity index (χ0v) is 12.7. The number of amides is 1. The highest BCUT2D eigenvalue weighted by atomic mass is 16.2. The Morgan fingerprint density at radius 3 is 2.50 bits per heavy atom. The Morgan fingerprint density at radius 1 is 1.35 bits per heavy atom. The molecular formula is C16H25N3O. The molecule has 1 atom stereocenters. The predicted molar refractivity (Wildman–Crippen MR) is 81.5 cm³/mol. The molecule has 1 saturated heterocycles. The van der Waals surface area contributed by atoms with Crippen LogP contribution in [0.15, 0.2) is 30.3 Å². The molecule has 0 aliphatic carbocycles. The highest BCUT2D eigenvalue weighted by molar-refractivity contribution is 5.78. The SMILES string of the molecule is CCN(CC(=O)N(C)C(C)c1ccccc1)C1CNC1. The fraction of sp³-hybridized carbons (Fsp3) is 0.562. The van der Waals surface area contributed by atoms with E-state index in [1.54, 1.807) is 0 Å². The molecule has 1 fully saturated rings. The lowest BCUT2D eigenvalue weighted by atomic mass is 10.1. The summed E-state index contributed by atoms with van der Waals surface area (Å²) in [6.07, 6.45) is 0. The van der Waals surface area contributed by atoms with E-state index >= 15 is 0 Å². The zero-order valence-electron chi connectivity index (χ0n) is 12.7. The molecule has 1 unspecified atom stereocenters. The van der Waals surface area contributed by atoms with E-state index in [2.05, 4.69) is 36.2 Å². The summed E-state index contributed by atoms with van der Waals surface area (Å²) in [6, 6.07) is 10.8. The van der Waals surface area contributed by atoms with Gasteiger partial charge in [-0.1, -0.05) is 37.3 Å². The van der Waals surface area contributed by atoms with Crippen molar-refractivity contribution in [2.24, 2.45) is 0 Å². The largest absolute Gasteiger partial charge is 0.338 e. The Kier molecular flexibility index (Phi) is 5.15. The van der Waals surface area contributed by atoms with Crippen LogP contribution in [0, 0.1) is 0 Å². The van der Waals surface area contributed by atoms with Crippen molar-refractivity contribution in [1.82, 2.24) is 15.1 Å². The standard InChI is InChI=1S/C16H25N3O/c1-4-19(15-10-17-11-15)12-16(20)18(3)13(2)14-8-6-5-7-9-14/h5-9,13,15,17H,4,10-12H2,1-3H3. The molecule has 1 aliphatic rings. The monoisotopic (exact) mass is 275 g/mol. The molecule has 0 radical (unpaired) electrons. The van der Waals surface area contributed by atoms with Gasteiger partial charge in [0.15, 0.2) is 0 Å². The van der Waals surface area contributed by atoms with Gasteiger partial charge in [-0.2, -0.15) is 0 Å². The third-order valence-electron chi connectivity index (χ3n) is 4.28. The van der Waals surface area contributed by atoms with Crippen molar-refractivity contribution in [1.29, 1.82) is 0 Å². The minimum absolute atomic E-state index is 0.113. The molecule has 1 heterocycles. The van der Waals surface area contributed by atoms with Gasteiger partial charge in [-0.3, -0.25) is 9.69 Å². The molecule has 1 N–H and O–H groups in total. The van der Waals surface area contributed by atoms with Gasteiger partial charge in [0.1, 0.15) is 0 Å². The second-order valence-corrected chi connectivity index (χ2v) is 5.47. The molecule has 1 amide bonds. The van der Waals surface area contributed by atoms with Crippen molar-refractivity contribution >= 4 is 5.91 Å². The van der Waals surface area contributed by atoms with Gasteiger partial charge in [0, 0.05) is 26.2 Å². The third kappa shape index (κ3) is 3.38. The number of likely N-dealkylation sites (N-methyl/N-ethyl adjacent to an activating group) is 2. The second kappa shape index (κ2) is 6.86. The molecule has 20 heavy (non-hydrogen) atoms. The lowest BCUT2D eigenvalue weighted by Gasteiger charge is -2.38. The number of carbonyl (C=O) groups is 1. The lowest BCUT2D eigenvalue weighted by molar-refractivity contribution is -0.133. The van der Waals surface area contributed by atoms with Crippen LogP contribution < -0.4 is 5.32 Å². The second-order valence-electron chi connectivity index (χ2n) is 5.47. The van der Waals surface area contributed by atoms with Crippen LogP contribution in [0.4, 0.5) is 0 Å². The maximum absolute atomic E-state index is 12.4. The van der Waals surface area contributed by atoms with Crippen LogP contribution in [0.5, 0.6) is 0 Å². The number of hydrogen-bond acceptors (Lipinski definition) is 3. The fourth-order valence-corrected chi connectivity index (χ4v) is 2.49. The summed E-state index contributed by atoms with van der Waals surface area (Å²) in [4.78, 5) is 16.5. The molecular weight excluding hydrogens is 250 g/mol. The van der Waals surface area contributed by atoms with E-state index in [-0.39, 0.29) is 11.9 Å². The average molecular weight is 275 g/mol. The van der Waals surface area contributed by atoms with E-state index in [0.29, 0.717) is 12.6 Å². The molecule has 4 heteroatoms. The quantitative estimate of drug-likeness (QED) is 0.854. The molecule has 4 nitrogen and oxygen atoms in total. The first-order valence-electron chi connectivity index (χ1n) is 7.38. The first kappa shape index (κ1) is 15.0. The highest BCUT2D eigenvalue weighted by Gasteiger charge is 2.27. The average Bonchev–Trinajstić information content (AvgIpc) is 2.43. The first-order chi connectivity index (χ1) is 9.63. The predicted octanol–water partition coefficient (Wildman–Crippen LogP) is 1.50. The number of rotatable bonds is 6. The van der Waals surface area contributed by atoms with Crippen LogP contribution in [0.3, 0.4) is 0 Å². The zero-order chi connectivity index (χ0) is 14.5. The molecule has 1 aromatic carbocycles. The number of benzene rings is 1. The highest BCUT2D eigenvalue weighted by Crippen LogP contribution is 2.18. The van der Waals surface area contributed by atoms with Crippen LogP contribution in [-0.4, -0.2) is 55.0 Å². The Labute approximate surface area is 121 Å². The van der Waals surface area contributed by atoms with Gasteiger partial charge < -0.3 is 10.2 Å². The molecule has 0 aromatic heterocycles.